The number of hydrogen-bond acceptors (Lipinski definition) is 5. The summed E-state index contributed by atoms with van der Waals surface area (Å²) in [5.74, 6) is -0.726. The highest BCUT2D eigenvalue weighted by Crippen LogP contribution is 2.31. The van der Waals surface area contributed by atoms with E-state index in [9.17, 15) is 9.59 Å². The fraction of sp³-hybridized carbons (Fsp3) is 0.316. The van der Waals surface area contributed by atoms with E-state index in [2.05, 4.69) is 4.98 Å². The molecule has 0 saturated heterocycles. The van der Waals surface area contributed by atoms with Gasteiger partial charge in [0.2, 0.25) is 0 Å². The number of rotatable bonds is 5. The Bertz CT molecular complexity index is 784. The molecule has 0 unspecified atom stereocenters. The summed E-state index contributed by atoms with van der Waals surface area (Å²) < 4.78 is 10.8. The second-order valence-corrected chi connectivity index (χ2v) is 6.71. The Balaban J connectivity index is 2.45. The number of nitrogens with zero attached hydrogens (tertiary/aromatic N) is 2. The van der Waals surface area contributed by atoms with E-state index in [1.807, 2.05) is 6.92 Å². The third-order valence-electron chi connectivity index (χ3n) is 3.15. The molecular formula is C19H22N2O5. The molecule has 1 aromatic carbocycles. The molecule has 26 heavy (non-hydrogen) atoms. The predicted octanol–water partition coefficient (Wildman–Crippen LogP) is 3.93. The molecule has 0 spiro atoms. The van der Waals surface area contributed by atoms with E-state index in [4.69, 9.17) is 14.6 Å². The topological polar surface area (TPSA) is 89.0 Å². The van der Waals surface area contributed by atoms with Crippen molar-refractivity contribution in [3.8, 4) is 5.75 Å². The molecule has 0 atom stereocenters. The van der Waals surface area contributed by atoms with Crippen molar-refractivity contribution in [2.45, 2.75) is 33.3 Å². The average molecular weight is 358 g/mol. The molecule has 2 rings (SSSR count). The van der Waals surface area contributed by atoms with Gasteiger partial charge in [0.25, 0.3) is 0 Å². The van der Waals surface area contributed by atoms with Crippen LogP contribution in [0, 0.1) is 6.92 Å². The van der Waals surface area contributed by atoms with Crippen molar-refractivity contribution in [2.24, 2.45) is 0 Å². The van der Waals surface area contributed by atoms with Crippen molar-refractivity contribution >= 4 is 23.4 Å². The summed E-state index contributed by atoms with van der Waals surface area (Å²) in [5.41, 5.74) is 1.22. The van der Waals surface area contributed by atoms with Gasteiger partial charge in [-0.1, -0.05) is 0 Å². The van der Waals surface area contributed by atoms with Gasteiger partial charge in [-0.15, -0.1) is 0 Å². The van der Waals surface area contributed by atoms with Gasteiger partial charge in [-0.3, -0.25) is 4.98 Å². The van der Waals surface area contributed by atoms with Crippen LogP contribution in [0.3, 0.4) is 0 Å². The number of hydrogen-bond donors (Lipinski definition) is 1. The first-order chi connectivity index (χ1) is 12.2. The summed E-state index contributed by atoms with van der Waals surface area (Å²) in [6, 6.07) is 8.46. The fourth-order valence-corrected chi connectivity index (χ4v) is 2.25. The monoisotopic (exact) mass is 358 g/mol. The molecule has 0 fully saturated rings. The second-order valence-electron chi connectivity index (χ2n) is 6.71. The normalized spacial score (nSPS) is 10.9. The standard InChI is InChI=1S/C19H22N2O5/c1-13-9-15(11-16(10-13)25-12-17(22)23)21(14-5-7-20-8-6-14)18(24)26-19(2,3)4/h5-11H,12H2,1-4H3,(H,22,23). The van der Waals surface area contributed by atoms with Crippen LogP contribution in [0.5, 0.6) is 5.75 Å². The number of aliphatic carboxylic acids is 1. The highest BCUT2D eigenvalue weighted by Gasteiger charge is 2.25. The van der Waals surface area contributed by atoms with Crippen molar-refractivity contribution in [2.75, 3.05) is 11.5 Å². The number of pyridine rings is 1. The fourth-order valence-electron chi connectivity index (χ4n) is 2.25. The van der Waals surface area contributed by atoms with Gasteiger partial charge in [0.15, 0.2) is 6.61 Å². The molecule has 0 aliphatic rings. The lowest BCUT2D eigenvalue weighted by Crippen LogP contribution is -2.34. The number of aryl methyl sites for hydroxylation is 1. The molecule has 1 amide bonds. The van der Waals surface area contributed by atoms with Crippen molar-refractivity contribution in [1.29, 1.82) is 0 Å². The SMILES string of the molecule is Cc1cc(OCC(=O)O)cc(N(C(=O)OC(C)(C)C)c2ccncc2)c1. The Morgan fingerprint density at radius 1 is 1.12 bits per heavy atom. The maximum atomic E-state index is 12.8. The maximum Gasteiger partial charge on any atom is 0.419 e. The molecular weight excluding hydrogens is 336 g/mol. The number of carboxylic acids is 1. The Morgan fingerprint density at radius 3 is 2.35 bits per heavy atom. The van der Waals surface area contributed by atoms with Gasteiger partial charge in [0.05, 0.1) is 11.4 Å². The predicted molar refractivity (Wildman–Crippen MR) is 96.9 cm³/mol. The van der Waals surface area contributed by atoms with Crippen LogP contribution >= 0.6 is 0 Å². The minimum absolute atomic E-state index is 0.352. The maximum absolute atomic E-state index is 12.8. The number of aromatic nitrogens is 1. The van der Waals surface area contributed by atoms with Gasteiger partial charge < -0.3 is 14.6 Å². The van der Waals surface area contributed by atoms with Crippen molar-refractivity contribution in [1.82, 2.24) is 4.98 Å². The van der Waals surface area contributed by atoms with Gasteiger partial charge >= 0.3 is 12.1 Å². The summed E-state index contributed by atoms with van der Waals surface area (Å²) in [7, 11) is 0. The first kappa shape index (κ1) is 19.2. The minimum atomic E-state index is -1.08. The zero-order chi connectivity index (χ0) is 19.3. The molecule has 1 N–H and O–H groups in total. The van der Waals surface area contributed by atoms with Crippen LogP contribution in [0.25, 0.3) is 0 Å². The number of carbonyl (C=O) groups excluding carboxylic acids is 1. The molecule has 1 heterocycles. The van der Waals surface area contributed by atoms with Gasteiger partial charge in [-0.05, 0) is 57.5 Å². The largest absolute Gasteiger partial charge is 0.482 e. The number of carbonyl (C=O) groups is 2. The van der Waals surface area contributed by atoms with E-state index in [0.717, 1.165) is 5.56 Å². The lowest BCUT2D eigenvalue weighted by atomic mass is 10.1. The molecule has 2 aromatic rings. The van der Waals surface area contributed by atoms with Crippen LogP contribution in [-0.4, -0.2) is 34.4 Å². The summed E-state index contributed by atoms with van der Waals surface area (Å²) in [5, 5.41) is 8.80. The summed E-state index contributed by atoms with van der Waals surface area (Å²) in [6.45, 7) is 6.72. The molecule has 1 aromatic heterocycles. The minimum Gasteiger partial charge on any atom is -0.482 e. The van der Waals surface area contributed by atoms with E-state index in [1.54, 1.807) is 63.5 Å². The lowest BCUT2D eigenvalue weighted by molar-refractivity contribution is -0.139. The van der Waals surface area contributed by atoms with E-state index in [1.165, 1.54) is 4.90 Å². The Kier molecular flexibility index (Phi) is 5.82. The Morgan fingerprint density at radius 2 is 1.77 bits per heavy atom. The third kappa shape index (κ3) is 5.47. The Hall–Kier alpha value is -3.09. The van der Waals surface area contributed by atoms with Gasteiger partial charge in [0, 0.05) is 18.5 Å². The smallest absolute Gasteiger partial charge is 0.419 e. The lowest BCUT2D eigenvalue weighted by Gasteiger charge is -2.28. The van der Waals surface area contributed by atoms with Gasteiger partial charge in [-0.25, -0.2) is 14.5 Å². The molecule has 0 radical (unpaired) electrons. The quantitative estimate of drug-likeness (QED) is 0.871. The second kappa shape index (κ2) is 7.86. The van der Waals surface area contributed by atoms with E-state index < -0.39 is 24.3 Å². The van der Waals surface area contributed by atoms with Crippen LogP contribution < -0.4 is 9.64 Å². The van der Waals surface area contributed by atoms with Crippen LogP contribution in [0.4, 0.5) is 16.2 Å². The van der Waals surface area contributed by atoms with Crippen molar-refractivity contribution in [3.05, 3.63) is 48.3 Å². The molecule has 138 valence electrons. The van der Waals surface area contributed by atoms with Gasteiger partial charge in [0.1, 0.15) is 11.4 Å². The summed E-state index contributed by atoms with van der Waals surface area (Å²) in [4.78, 5) is 28.9. The van der Waals surface area contributed by atoms with Crippen LogP contribution in [0.15, 0.2) is 42.7 Å². The van der Waals surface area contributed by atoms with Crippen LogP contribution in [-0.2, 0) is 9.53 Å². The van der Waals surface area contributed by atoms with E-state index in [0.29, 0.717) is 17.1 Å². The number of anilines is 2. The van der Waals surface area contributed by atoms with Crippen LogP contribution in [0.1, 0.15) is 26.3 Å². The van der Waals surface area contributed by atoms with E-state index >= 15 is 0 Å². The third-order valence-corrected chi connectivity index (χ3v) is 3.15. The number of ether oxygens (including phenoxy) is 2. The number of benzene rings is 1. The van der Waals surface area contributed by atoms with Crippen LogP contribution in [0.2, 0.25) is 0 Å². The van der Waals surface area contributed by atoms with Crippen molar-refractivity contribution < 1.29 is 24.2 Å². The highest BCUT2D eigenvalue weighted by molar-refractivity contribution is 5.96. The molecule has 0 aliphatic heterocycles. The van der Waals surface area contributed by atoms with E-state index in [-0.39, 0.29) is 0 Å². The number of amides is 1. The summed E-state index contributed by atoms with van der Waals surface area (Å²) in [6.07, 6.45) is 2.59. The van der Waals surface area contributed by atoms with Gasteiger partial charge in [-0.2, -0.15) is 0 Å². The first-order valence-electron chi connectivity index (χ1n) is 8.05. The number of carboxylic acid groups (broad SMARTS) is 1. The zero-order valence-electron chi connectivity index (χ0n) is 15.2. The molecule has 7 heteroatoms. The molecule has 0 saturated carbocycles. The summed E-state index contributed by atoms with van der Waals surface area (Å²) >= 11 is 0. The molecule has 7 nitrogen and oxygen atoms in total. The Labute approximate surface area is 152 Å². The average Bonchev–Trinajstić information content (AvgIpc) is 2.52. The highest BCUT2D eigenvalue weighted by atomic mass is 16.6. The van der Waals surface area contributed by atoms with Crippen molar-refractivity contribution in [3.63, 3.8) is 0 Å². The zero-order valence-corrected chi connectivity index (χ0v) is 15.2. The molecule has 0 aliphatic carbocycles. The molecule has 0 bridgehead atoms. The first-order valence-corrected chi connectivity index (χ1v) is 8.05.